The number of carbonyl (C=O) groups excluding carboxylic acids is 1. The summed E-state index contributed by atoms with van der Waals surface area (Å²) in [7, 11) is 1.57. The van der Waals surface area contributed by atoms with Gasteiger partial charge < -0.3 is 19.7 Å². The van der Waals surface area contributed by atoms with Crippen molar-refractivity contribution in [3.8, 4) is 5.75 Å². The number of ether oxygens (including phenoxy) is 1. The molecule has 0 bridgehead atoms. The average molecular weight is 366 g/mol. The second-order valence-electron chi connectivity index (χ2n) is 5.82. The van der Waals surface area contributed by atoms with Crippen LogP contribution in [0.1, 0.15) is 27.6 Å². The molecule has 7 heteroatoms. The number of carboxylic acids is 1. The summed E-state index contributed by atoms with van der Waals surface area (Å²) in [6.45, 7) is 2.02. The molecule has 0 aliphatic rings. The maximum absolute atomic E-state index is 12.9. The van der Waals surface area contributed by atoms with Crippen LogP contribution in [0.3, 0.4) is 0 Å². The molecular weight excluding hydrogens is 348 g/mol. The van der Waals surface area contributed by atoms with E-state index in [9.17, 15) is 19.5 Å². The predicted octanol–water partition coefficient (Wildman–Crippen LogP) is 2.89. The molecule has 0 unspecified atom stereocenters. The lowest BCUT2D eigenvalue weighted by Crippen LogP contribution is -2.29. The molecule has 0 fully saturated rings. The highest BCUT2D eigenvalue weighted by Gasteiger charge is 2.23. The first-order valence-electron chi connectivity index (χ1n) is 8.34. The Morgan fingerprint density at radius 2 is 1.78 bits per heavy atom. The molecule has 138 valence electrons. The number of amides is 1. The van der Waals surface area contributed by atoms with E-state index in [4.69, 9.17) is 4.74 Å². The van der Waals surface area contributed by atoms with Crippen molar-refractivity contribution in [2.45, 2.75) is 6.92 Å². The Kier molecular flexibility index (Phi) is 4.94. The number of benzene rings is 2. The molecule has 0 radical (unpaired) electrons. The summed E-state index contributed by atoms with van der Waals surface area (Å²) in [6.07, 6.45) is 0. The van der Waals surface area contributed by atoms with E-state index >= 15 is 0 Å². The third-order valence-corrected chi connectivity index (χ3v) is 4.18. The number of fused-ring (bicyclic) bond motifs is 1. The van der Waals surface area contributed by atoms with Crippen molar-refractivity contribution < 1.29 is 19.4 Å². The molecule has 7 nitrogen and oxygen atoms in total. The molecule has 1 aromatic heterocycles. The lowest BCUT2D eigenvalue weighted by Gasteiger charge is -2.16. The van der Waals surface area contributed by atoms with Gasteiger partial charge in [0.2, 0.25) is 0 Å². The Hall–Kier alpha value is -3.61. The highest BCUT2D eigenvalue weighted by molar-refractivity contribution is 6.11. The van der Waals surface area contributed by atoms with Crippen molar-refractivity contribution >= 4 is 28.5 Å². The summed E-state index contributed by atoms with van der Waals surface area (Å²) in [5.74, 6) is -1.72. The zero-order chi connectivity index (χ0) is 19.6. The Labute approximate surface area is 154 Å². The maximum atomic E-state index is 12.9. The van der Waals surface area contributed by atoms with Gasteiger partial charge in [-0.15, -0.1) is 0 Å². The number of rotatable bonds is 5. The Morgan fingerprint density at radius 1 is 1.11 bits per heavy atom. The van der Waals surface area contributed by atoms with Crippen LogP contribution in [-0.4, -0.2) is 28.2 Å². The van der Waals surface area contributed by atoms with E-state index in [0.29, 0.717) is 10.9 Å². The Balaban J connectivity index is 2.18. The van der Waals surface area contributed by atoms with Crippen LogP contribution in [0.5, 0.6) is 5.75 Å². The second kappa shape index (κ2) is 7.33. The van der Waals surface area contributed by atoms with Crippen molar-refractivity contribution in [2.24, 2.45) is 7.05 Å². The quantitative estimate of drug-likeness (QED) is 0.724. The van der Waals surface area contributed by atoms with Gasteiger partial charge in [-0.25, -0.2) is 4.79 Å². The highest BCUT2D eigenvalue weighted by Crippen LogP contribution is 2.28. The smallest absolute Gasteiger partial charge is 0.337 e. The van der Waals surface area contributed by atoms with Gasteiger partial charge in [0.25, 0.3) is 11.5 Å². The van der Waals surface area contributed by atoms with Crippen molar-refractivity contribution in [3.63, 3.8) is 0 Å². The van der Waals surface area contributed by atoms with E-state index in [2.05, 4.69) is 5.32 Å². The first-order chi connectivity index (χ1) is 13.0. The molecule has 0 atom stereocenters. The van der Waals surface area contributed by atoms with Gasteiger partial charge in [0.1, 0.15) is 11.3 Å². The number of para-hydroxylation sites is 2. The molecule has 1 amide bonds. The van der Waals surface area contributed by atoms with Crippen LogP contribution in [0, 0.1) is 0 Å². The summed E-state index contributed by atoms with van der Waals surface area (Å²) in [5.41, 5.74) is -0.0248. The molecule has 0 saturated heterocycles. The normalized spacial score (nSPS) is 10.6. The Bertz CT molecular complexity index is 1100. The molecule has 0 aliphatic carbocycles. The predicted molar refractivity (Wildman–Crippen MR) is 102 cm³/mol. The first kappa shape index (κ1) is 18.2. The molecule has 1 heterocycles. The number of aromatic nitrogens is 1. The monoisotopic (exact) mass is 366 g/mol. The fraction of sp³-hybridized carbons (Fsp3) is 0.150. The van der Waals surface area contributed by atoms with Crippen LogP contribution in [0.25, 0.3) is 10.9 Å². The van der Waals surface area contributed by atoms with Crippen LogP contribution in [0.4, 0.5) is 5.69 Å². The van der Waals surface area contributed by atoms with E-state index in [1.54, 1.807) is 50.4 Å². The van der Waals surface area contributed by atoms with Crippen LogP contribution in [-0.2, 0) is 7.05 Å². The summed E-state index contributed by atoms with van der Waals surface area (Å²) in [6, 6.07) is 13.1. The largest absolute Gasteiger partial charge is 0.492 e. The minimum absolute atomic E-state index is 0.0681. The molecule has 0 aliphatic heterocycles. The lowest BCUT2D eigenvalue weighted by atomic mass is 10.1. The van der Waals surface area contributed by atoms with Gasteiger partial charge in [-0.2, -0.15) is 0 Å². The number of carboxylic acid groups (broad SMARTS) is 1. The van der Waals surface area contributed by atoms with Crippen LogP contribution in [0.2, 0.25) is 0 Å². The zero-order valence-corrected chi connectivity index (χ0v) is 14.9. The maximum Gasteiger partial charge on any atom is 0.337 e. The summed E-state index contributed by atoms with van der Waals surface area (Å²) in [4.78, 5) is 37.1. The van der Waals surface area contributed by atoms with Gasteiger partial charge in [-0.05, 0) is 31.2 Å². The number of carbonyl (C=O) groups is 2. The van der Waals surface area contributed by atoms with Crippen molar-refractivity contribution in [1.82, 2.24) is 4.57 Å². The highest BCUT2D eigenvalue weighted by atomic mass is 16.5. The van der Waals surface area contributed by atoms with Crippen LogP contribution in [0.15, 0.2) is 53.3 Å². The lowest BCUT2D eigenvalue weighted by molar-refractivity contribution is 0.0698. The number of aromatic carboxylic acids is 1. The van der Waals surface area contributed by atoms with Gasteiger partial charge in [0.15, 0.2) is 0 Å². The Morgan fingerprint density at radius 3 is 2.48 bits per heavy atom. The molecule has 0 spiro atoms. The molecule has 27 heavy (non-hydrogen) atoms. The van der Waals surface area contributed by atoms with Gasteiger partial charge in [-0.3, -0.25) is 9.59 Å². The molecule has 0 saturated carbocycles. The fourth-order valence-corrected chi connectivity index (χ4v) is 2.92. The van der Waals surface area contributed by atoms with Gasteiger partial charge >= 0.3 is 5.97 Å². The number of hydrogen-bond donors (Lipinski definition) is 2. The zero-order valence-electron chi connectivity index (χ0n) is 14.9. The summed E-state index contributed by atoms with van der Waals surface area (Å²) < 4.78 is 7.00. The number of anilines is 1. The van der Waals surface area contributed by atoms with E-state index in [1.165, 1.54) is 16.7 Å². The average Bonchev–Trinajstić information content (AvgIpc) is 2.66. The van der Waals surface area contributed by atoms with E-state index < -0.39 is 17.4 Å². The number of nitrogens with one attached hydrogen (secondary N) is 1. The summed E-state index contributed by atoms with van der Waals surface area (Å²) >= 11 is 0. The van der Waals surface area contributed by atoms with Crippen LogP contribution >= 0.6 is 0 Å². The third kappa shape index (κ3) is 3.27. The molecule has 3 rings (SSSR count). The second-order valence-corrected chi connectivity index (χ2v) is 5.82. The van der Waals surface area contributed by atoms with Crippen molar-refractivity contribution in [3.05, 3.63) is 70.0 Å². The van der Waals surface area contributed by atoms with E-state index in [-0.39, 0.29) is 29.2 Å². The number of aryl methyl sites for hydroxylation is 1. The minimum atomic E-state index is -1.18. The topological polar surface area (TPSA) is 97.6 Å². The van der Waals surface area contributed by atoms with Crippen LogP contribution < -0.4 is 15.6 Å². The van der Waals surface area contributed by atoms with Gasteiger partial charge in [0.05, 0.1) is 23.4 Å². The number of nitrogens with zero attached hydrogens (tertiary/aromatic N) is 1. The van der Waals surface area contributed by atoms with Gasteiger partial charge in [0, 0.05) is 12.4 Å². The number of pyridine rings is 1. The standard InChI is InChI=1S/C20H18N2O5/c1-3-27-17-13-9-5-7-11-15(13)22(2)19(24)16(17)18(23)21-14-10-6-4-8-12(14)20(25)26/h4-11H,3H2,1-2H3,(H,21,23)(H,25,26). The van der Waals surface area contributed by atoms with Crippen molar-refractivity contribution in [2.75, 3.05) is 11.9 Å². The third-order valence-electron chi connectivity index (χ3n) is 4.18. The van der Waals surface area contributed by atoms with Crippen molar-refractivity contribution in [1.29, 1.82) is 0 Å². The summed E-state index contributed by atoms with van der Waals surface area (Å²) in [5, 5.41) is 12.4. The molecule has 2 aromatic carbocycles. The van der Waals surface area contributed by atoms with E-state index in [1.807, 2.05) is 0 Å². The fourth-order valence-electron chi connectivity index (χ4n) is 2.92. The van der Waals surface area contributed by atoms with Gasteiger partial charge in [-0.1, -0.05) is 24.3 Å². The SMILES string of the molecule is CCOc1c(C(=O)Nc2ccccc2C(=O)O)c(=O)n(C)c2ccccc12. The molecule has 2 N–H and O–H groups in total. The molecular formula is C20H18N2O5. The minimum Gasteiger partial charge on any atom is -0.492 e. The number of hydrogen-bond acceptors (Lipinski definition) is 4. The molecule has 3 aromatic rings. The van der Waals surface area contributed by atoms with E-state index in [0.717, 1.165) is 0 Å². The first-order valence-corrected chi connectivity index (χ1v) is 8.34.